The molecule has 0 unspecified atom stereocenters. The van der Waals surface area contributed by atoms with E-state index in [0.29, 0.717) is 56.7 Å². The number of hydrogen-bond donors (Lipinski definition) is 0. The minimum Gasteiger partial charge on any atom is -0.338 e. The van der Waals surface area contributed by atoms with Gasteiger partial charge in [-0.2, -0.15) is 4.31 Å². The van der Waals surface area contributed by atoms with Crippen molar-refractivity contribution in [2.24, 2.45) is 0 Å². The van der Waals surface area contributed by atoms with Crippen LogP contribution in [-0.2, 0) is 10.0 Å². The minimum absolute atomic E-state index is 0.00955. The number of carbonyl (C=O) groups excluding carboxylic acids is 2. The summed E-state index contributed by atoms with van der Waals surface area (Å²) in [4.78, 5) is 30.1. The highest BCUT2D eigenvalue weighted by molar-refractivity contribution is 7.89. The average Bonchev–Trinajstić information content (AvgIpc) is 2.88. The molecule has 8 heteroatoms. The molecule has 0 aliphatic carbocycles. The molecule has 0 N–H and O–H groups in total. The summed E-state index contributed by atoms with van der Waals surface area (Å²) < 4.78 is 27.3. The number of rotatable bonds is 9. The van der Waals surface area contributed by atoms with Gasteiger partial charge in [-0.15, -0.1) is 0 Å². The summed E-state index contributed by atoms with van der Waals surface area (Å²) >= 11 is 0. The third-order valence-electron chi connectivity index (χ3n) is 6.36. The topological polar surface area (TPSA) is 78.0 Å². The van der Waals surface area contributed by atoms with Gasteiger partial charge in [-0.3, -0.25) is 9.59 Å². The van der Waals surface area contributed by atoms with Crippen LogP contribution in [0.5, 0.6) is 0 Å². The van der Waals surface area contributed by atoms with Gasteiger partial charge in [-0.1, -0.05) is 45.0 Å². The number of benzene rings is 2. The first-order valence-electron chi connectivity index (χ1n) is 12.1. The summed E-state index contributed by atoms with van der Waals surface area (Å²) in [6.07, 6.45) is 2.19. The molecule has 0 saturated carbocycles. The zero-order chi connectivity index (χ0) is 24.7. The number of hydrogen-bond acceptors (Lipinski definition) is 4. The summed E-state index contributed by atoms with van der Waals surface area (Å²) in [6, 6.07) is 15.6. The van der Waals surface area contributed by atoms with E-state index < -0.39 is 10.0 Å². The monoisotopic (exact) mass is 485 g/mol. The molecule has 2 aromatic rings. The van der Waals surface area contributed by atoms with Crippen molar-refractivity contribution in [2.45, 2.75) is 51.0 Å². The van der Waals surface area contributed by atoms with Gasteiger partial charge in [-0.05, 0) is 49.6 Å². The maximum Gasteiger partial charge on any atom is 0.254 e. The van der Waals surface area contributed by atoms with Gasteiger partial charge in [0.25, 0.3) is 11.8 Å². The van der Waals surface area contributed by atoms with Crippen molar-refractivity contribution in [3.8, 4) is 0 Å². The maximum atomic E-state index is 13.5. The van der Waals surface area contributed by atoms with Crippen LogP contribution in [0, 0.1) is 0 Å². The second-order valence-corrected chi connectivity index (χ2v) is 10.4. The van der Waals surface area contributed by atoms with E-state index in [2.05, 4.69) is 0 Å². The predicted molar refractivity (Wildman–Crippen MR) is 133 cm³/mol. The van der Waals surface area contributed by atoms with Crippen molar-refractivity contribution in [1.29, 1.82) is 0 Å². The predicted octanol–water partition coefficient (Wildman–Crippen LogP) is 3.87. The molecule has 7 nitrogen and oxygen atoms in total. The molecule has 0 aromatic heterocycles. The van der Waals surface area contributed by atoms with E-state index in [1.807, 2.05) is 47.1 Å². The molecule has 3 rings (SSSR count). The van der Waals surface area contributed by atoms with E-state index in [9.17, 15) is 18.0 Å². The molecule has 0 atom stereocenters. The standard InChI is InChI=1S/C26H35N3O4S/c1-4-17-29(23-15-18-27(19-16-23)25(30)21-11-8-7-9-12-21)26(31)22-13-10-14-24(20-22)34(32,33)28(5-2)6-3/h7-14,20,23H,4-6,15-19H2,1-3H3. The van der Waals surface area contributed by atoms with Gasteiger partial charge in [-0.25, -0.2) is 8.42 Å². The normalized spacial score (nSPS) is 14.9. The molecule has 2 aromatic carbocycles. The highest BCUT2D eigenvalue weighted by Crippen LogP contribution is 2.23. The van der Waals surface area contributed by atoms with E-state index >= 15 is 0 Å². The van der Waals surface area contributed by atoms with Crippen LogP contribution in [-0.4, -0.2) is 73.1 Å². The van der Waals surface area contributed by atoms with Gasteiger partial charge in [0.2, 0.25) is 10.0 Å². The largest absolute Gasteiger partial charge is 0.338 e. The lowest BCUT2D eigenvalue weighted by Gasteiger charge is -2.38. The summed E-state index contributed by atoms with van der Waals surface area (Å²) in [5, 5.41) is 0. The Morgan fingerprint density at radius 1 is 0.912 bits per heavy atom. The van der Waals surface area contributed by atoms with Crippen molar-refractivity contribution < 1.29 is 18.0 Å². The van der Waals surface area contributed by atoms with Crippen molar-refractivity contribution in [3.63, 3.8) is 0 Å². The fraction of sp³-hybridized carbons (Fsp3) is 0.462. The van der Waals surface area contributed by atoms with E-state index in [1.54, 1.807) is 32.0 Å². The quantitative estimate of drug-likeness (QED) is 0.540. The van der Waals surface area contributed by atoms with Crippen LogP contribution in [0.15, 0.2) is 59.5 Å². The SMILES string of the molecule is CCCN(C(=O)c1cccc(S(=O)(=O)N(CC)CC)c1)C1CCN(C(=O)c2ccccc2)CC1. The number of nitrogens with zero attached hydrogens (tertiary/aromatic N) is 3. The Morgan fingerprint density at radius 2 is 1.53 bits per heavy atom. The number of sulfonamides is 1. The Hall–Kier alpha value is -2.71. The van der Waals surface area contributed by atoms with Crippen molar-refractivity contribution >= 4 is 21.8 Å². The molecule has 0 spiro atoms. The van der Waals surface area contributed by atoms with Crippen LogP contribution in [0.25, 0.3) is 0 Å². The molecule has 34 heavy (non-hydrogen) atoms. The fourth-order valence-corrected chi connectivity index (χ4v) is 6.01. The van der Waals surface area contributed by atoms with Crippen molar-refractivity contribution in [3.05, 3.63) is 65.7 Å². The summed E-state index contributed by atoms with van der Waals surface area (Å²) in [5.74, 6) is -0.145. The van der Waals surface area contributed by atoms with Crippen LogP contribution in [0.1, 0.15) is 60.7 Å². The maximum absolute atomic E-state index is 13.5. The summed E-state index contributed by atoms with van der Waals surface area (Å²) in [5.41, 5.74) is 1.05. The second kappa shape index (κ2) is 11.6. The number of piperidine rings is 1. The third-order valence-corrected chi connectivity index (χ3v) is 8.41. The molecule has 1 aliphatic heterocycles. The Kier molecular flexibility index (Phi) is 8.85. The van der Waals surface area contributed by atoms with Crippen molar-refractivity contribution in [1.82, 2.24) is 14.1 Å². The summed E-state index contributed by atoms with van der Waals surface area (Å²) in [6.45, 7) is 8.13. The lowest BCUT2D eigenvalue weighted by atomic mass is 10.0. The smallest absolute Gasteiger partial charge is 0.254 e. The van der Waals surface area contributed by atoms with Crippen molar-refractivity contribution in [2.75, 3.05) is 32.7 Å². The highest BCUT2D eigenvalue weighted by Gasteiger charge is 2.31. The van der Waals surface area contributed by atoms with Crippen LogP contribution in [0.2, 0.25) is 0 Å². The van der Waals surface area contributed by atoms with Gasteiger partial charge in [0, 0.05) is 49.9 Å². The molecule has 0 radical (unpaired) electrons. The zero-order valence-corrected chi connectivity index (χ0v) is 21.1. The lowest BCUT2D eigenvalue weighted by Crippen LogP contribution is -2.49. The molecule has 1 fully saturated rings. The molecule has 0 bridgehead atoms. The van der Waals surface area contributed by atoms with Gasteiger partial charge in [0.1, 0.15) is 0 Å². The van der Waals surface area contributed by atoms with E-state index in [1.165, 1.54) is 10.4 Å². The highest BCUT2D eigenvalue weighted by atomic mass is 32.2. The summed E-state index contributed by atoms with van der Waals surface area (Å²) in [7, 11) is -3.64. The minimum atomic E-state index is -3.64. The Balaban J connectivity index is 1.75. The Bertz CT molecular complexity index is 1080. The van der Waals surface area contributed by atoms with E-state index in [0.717, 1.165) is 6.42 Å². The molecular weight excluding hydrogens is 450 g/mol. The first-order valence-corrected chi connectivity index (χ1v) is 13.5. The van der Waals surface area contributed by atoms with E-state index in [-0.39, 0.29) is 22.8 Å². The number of amides is 2. The first kappa shape index (κ1) is 25.9. The average molecular weight is 486 g/mol. The van der Waals surface area contributed by atoms with Crippen LogP contribution < -0.4 is 0 Å². The number of carbonyl (C=O) groups is 2. The molecular formula is C26H35N3O4S. The molecule has 1 heterocycles. The lowest BCUT2D eigenvalue weighted by molar-refractivity contribution is 0.0519. The van der Waals surface area contributed by atoms with Gasteiger partial charge in [0.05, 0.1) is 4.90 Å². The van der Waals surface area contributed by atoms with Gasteiger partial charge < -0.3 is 9.80 Å². The Labute approximate surface area is 203 Å². The second-order valence-electron chi connectivity index (χ2n) is 8.51. The van der Waals surface area contributed by atoms with E-state index in [4.69, 9.17) is 0 Å². The van der Waals surface area contributed by atoms with Gasteiger partial charge >= 0.3 is 0 Å². The fourth-order valence-electron chi connectivity index (χ4n) is 4.50. The van der Waals surface area contributed by atoms with Crippen LogP contribution in [0.3, 0.4) is 0 Å². The van der Waals surface area contributed by atoms with Gasteiger partial charge in [0.15, 0.2) is 0 Å². The molecule has 2 amide bonds. The Morgan fingerprint density at radius 3 is 2.12 bits per heavy atom. The number of likely N-dealkylation sites (tertiary alicyclic amines) is 1. The van der Waals surface area contributed by atoms with Crippen LogP contribution >= 0.6 is 0 Å². The molecule has 184 valence electrons. The first-order chi connectivity index (χ1) is 16.3. The zero-order valence-electron chi connectivity index (χ0n) is 20.3. The molecule has 1 saturated heterocycles. The van der Waals surface area contributed by atoms with Crippen LogP contribution in [0.4, 0.5) is 0 Å². The third kappa shape index (κ3) is 5.67. The molecule has 1 aliphatic rings.